The van der Waals surface area contributed by atoms with E-state index in [1.807, 2.05) is 19.1 Å². The first-order valence-corrected chi connectivity index (χ1v) is 9.91. The van der Waals surface area contributed by atoms with Crippen molar-refractivity contribution in [3.63, 3.8) is 0 Å². The van der Waals surface area contributed by atoms with E-state index in [1.54, 1.807) is 7.11 Å². The lowest BCUT2D eigenvalue weighted by molar-refractivity contribution is 0.122. The van der Waals surface area contributed by atoms with Crippen LogP contribution in [0.4, 0.5) is 0 Å². The third-order valence-electron chi connectivity index (χ3n) is 4.41. The van der Waals surface area contributed by atoms with Crippen molar-refractivity contribution < 1.29 is 14.2 Å². The summed E-state index contributed by atoms with van der Waals surface area (Å²) in [6, 6.07) is 16.9. The van der Waals surface area contributed by atoms with E-state index in [0.29, 0.717) is 19.3 Å². The van der Waals surface area contributed by atoms with E-state index in [0.717, 1.165) is 43.9 Å². The largest absolute Gasteiger partial charge is 0.493 e. The standard InChI is InChI=1S/C23H33NO3.ClH/c1-4-14-24-21(18-26-5-2)16-20-11-12-22(25-3)23(17-20)27-15-13-19-9-7-6-8-10-19;/h6-12,17,21,24H,4-5,13-16,18H2,1-3H3;1H. The Morgan fingerprint density at radius 2 is 1.75 bits per heavy atom. The van der Waals surface area contributed by atoms with Gasteiger partial charge in [-0.3, -0.25) is 0 Å². The van der Waals surface area contributed by atoms with Crippen molar-refractivity contribution in [3.8, 4) is 11.5 Å². The number of halogens is 1. The highest BCUT2D eigenvalue weighted by Gasteiger charge is 2.12. The second kappa shape index (κ2) is 14.3. The van der Waals surface area contributed by atoms with Gasteiger partial charge in [0.25, 0.3) is 0 Å². The van der Waals surface area contributed by atoms with Gasteiger partial charge >= 0.3 is 0 Å². The average molecular weight is 408 g/mol. The van der Waals surface area contributed by atoms with Gasteiger partial charge in [0, 0.05) is 19.1 Å². The first-order chi connectivity index (χ1) is 13.3. The molecule has 2 rings (SSSR count). The van der Waals surface area contributed by atoms with Crippen LogP contribution in [0.15, 0.2) is 48.5 Å². The molecule has 28 heavy (non-hydrogen) atoms. The molecule has 0 aromatic heterocycles. The lowest BCUT2D eigenvalue weighted by Gasteiger charge is -2.19. The average Bonchev–Trinajstić information content (AvgIpc) is 2.71. The number of ether oxygens (including phenoxy) is 3. The van der Waals surface area contributed by atoms with Crippen molar-refractivity contribution in [1.29, 1.82) is 0 Å². The van der Waals surface area contributed by atoms with E-state index < -0.39 is 0 Å². The van der Waals surface area contributed by atoms with E-state index in [-0.39, 0.29) is 12.4 Å². The Bertz CT molecular complexity index is 644. The van der Waals surface area contributed by atoms with Crippen LogP contribution in [-0.2, 0) is 17.6 Å². The molecule has 1 unspecified atom stereocenters. The van der Waals surface area contributed by atoms with Crippen molar-refractivity contribution in [1.82, 2.24) is 5.32 Å². The Hall–Kier alpha value is -1.75. The molecule has 0 spiro atoms. The zero-order chi connectivity index (χ0) is 19.3. The lowest BCUT2D eigenvalue weighted by Crippen LogP contribution is -2.36. The van der Waals surface area contributed by atoms with Gasteiger partial charge in [0.2, 0.25) is 0 Å². The molecule has 0 amide bonds. The zero-order valence-electron chi connectivity index (χ0n) is 17.3. The summed E-state index contributed by atoms with van der Waals surface area (Å²) in [7, 11) is 1.68. The van der Waals surface area contributed by atoms with Crippen molar-refractivity contribution in [2.75, 3.05) is 33.5 Å². The highest BCUT2D eigenvalue weighted by molar-refractivity contribution is 5.85. The van der Waals surface area contributed by atoms with Crippen LogP contribution in [0.5, 0.6) is 11.5 Å². The summed E-state index contributed by atoms with van der Waals surface area (Å²) < 4.78 is 17.1. The third-order valence-corrected chi connectivity index (χ3v) is 4.41. The summed E-state index contributed by atoms with van der Waals surface area (Å²) in [5, 5.41) is 3.57. The Kier molecular flexibility index (Phi) is 12.4. The maximum atomic E-state index is 6.04. The van der Waals surface area contributed by atoms with Crippen molar-refractivity contribution in [2.24, 2.45) is 0 Å². The maximum absolute atomic E-state index is 6.04. The second-order valence-corrected chi connectivity index (χ2v) is 6.58. The second-order valence-electron chi connectivity index (χ2n) is 6.58. The molecular weight excluding hydrogens is 374 g/mol. The molecule has 0 saturated carbocycles. The van der Waals surface area contributed by atoms with Crippen LogP contribution in [0.1, 0.15) is 31.4 Å². The molecule has 0 aliphatic rings. The van der Waals surface area contributed by atoms with Crippen LogP contribution in [-0.4, -0.2) is 39.5 Å². The van der Waals surface area contributed by atoms with Crippen LogP contribution in [0.25, 0.3) is 0 Å². The first kappa shape index (κ1) is 24.3. The van der Waals surface area contributed by atoms with E-state index in [4.69, 9.17) is 14.2 Å². The highest BCUT2D eigenvalue weighted by Crippen LogP contribution is 2.28. The summed E-state index contributed by atoms with van der Waals surface area (Å²) in [6.07, 6.45) is 2.89. The summed E-state index contributed by atoms with van der Waals surface area (Å²) in [5.41, 5.74) is 2.49. The number of nitrogens with one attached hydrogen (secondary N) is 1. The van der Waals surface area contributed by atoms with Crippen LogP contribution in [0, 0.1) is 0 Å². The lowest BCUT2D eigenvalue weighted by atomic mass is 10.1. The van der Waals surface area contributed by atoms with Crippen LogP contribution in [0.2, 0.25) is 0 Å². The molecule has 0 radical (unpaired) electrons. The van der Waals surface area contributed by atoms with Gasteiger partial charge < -0.3 is 19.5 Å². The Labute approximate surface area is 176 Å². The molecule has 1 N–H and O–H groups in total. The fraction of sp³-hybridized carbons (Fsp3) is 0.478. The van der Waals surface area contributed by atoms with Crippen LogP contribution in [0.3, 0.4) is 0 Å². The van der Waals surface area contributed by atoms with Gasteiger partial charge in [-0.2, -0.15) is 0 Å². The van der Waals surface area contributed by atoms with Gasteiger partial charge in [-0.1, -0.05) is 43.3 Å². The van der Waals surface area contributed by atoms with E-state index >= 15 is 0 Å². The molecule has 2 aromatic carbocycles. The quantitative estimate of drug-likeness (QED) is 0.523. The summed E-state index contributed by atoms with van der Waals surface area (Å²) in [5.74, 6) is 1.58. The number of methoxy groups -OCH3 is 1. The van der Waals surface area contributed by atoms with Gasteiger partial charge in [-0.25, -0.2) is 0 Å². The molecular formula is C23H34ClNO3. The van der Waals surface area contributed by atoms with Crippen molar-refractivity contribution in [3.05, 3.63) is 59.7 Å². The minimum Gasteiger partial charge on any atom is -0.493 e. The maximum Gasteiger partial charge on any atom is 0.161 e. The molecule has 0 heterocycles. The fourth-order valence-electron chi connectivity index (χ4n) is 2.97. The fourth-order valence-corrected chi connectivity index (χ4v) is 2.97. The SMILES string of the molecule is CCCNC(COCC)Cc1ccc(OC)c(OCCc2ccccc2)c1.Cl. The van der Waals surface area contributed by atoms with E-state index in [1.165, 1.54) is 11.1 Å². The molecule has 0 aliphatic carbocycles. The molecule has 0 saturated heterocycles. The molecule has 156 valence electrons. The van der Waals surface area contributed by atoms with Crippen molar-refractivity contribution >= 4 is 12.4 Å². The number of hydrogen-bond donors (Lipinski definition) is 1. The number of benzene rings is 2. The van der Waals surface area contributed by atoms with E-state index in [2.05, 4.69) is 48.6 Å². The molecule has 0 fully saturated rings. The monoisotopic (exact) mass is 407 g/mol. The minimum atomic E-state index is 0. The first-order valence-electron chi connectivity index (χ1n) is 9.91. The summed E-state index contributed by atoms with van der Waals surface area (Å²) in [4.78, 5) is 0. The van der Waals surface area contributed by atoms with Crippen LogP contribution < -0.4 is 14.8 Å². The predicted molar refractivity (Wildman–Crippen MR) is 118 cm³/mol. The molecule has 0 aliphatic heterocycles. The molecule has 2 aromatic rings. The molecule has 4 nitrogen and oxygen atoms in total. The Morgan fingerprint density at radius 1 is 0.964 bits per heavy atom. The van der Waals surface area contributed by atoms with E-state index in [9.17, 15) is 0 Å². The smallest absolute Gasteiger partial charge is 0.161 e. The number of hydrogen-bond acceptors (Lipinski definition) is 4. The molecule has 5 heteroatoms. The molecule has 0 bridgehead atoms. The van der Waals surface area contributed by atoms with Gasteiger partial charge in [0.1, 0.15) is 0 Å². The topological polar surface area (TPSA) is 39.7 Å². The number of rotatable bonds is 13. The van der Waals surface area contributed by atoms with Gasteiger partial charge in [-0.15, -0.1) is 12.4 Å². The summed E-state index contributed by atoms with van der Waals surface area (Å²) >= 11 is 0. The van der Waals surface area contributed by atoms with Crippen LogP contribution >= 0.6 is 12.4 Å². The van der Waals surface area contributed by atoms with Gasteiger partial charge in [-0.05, 0) is 49.6 Å². The zero-order valence-corrected chi connectivity index (χ0v) is 18.1. The highest BCUT2D eigenvalue weighted by atomic mass is 35.5. The third kappa shape index (κ3) is 8.51. The molecule has 1 atom stereocenters. The normalized spacial score (nSPS) is 11.5. The van der Waals surface area contributed by atoms with Crippen molar-refractivity contribution in [2.45, 2.75) is 39.2 Å². The Morgan fingerprint density at radius 3 is 2.43 bits per heavy atom. The summed E-state index contributed by atoms with van der Waals surface area (Å²) in [6.45, 7) is 7.28. The van der Waals surface area contributed by atoms with Gasteiger partial charge in [0.15, 0.2) is 11.5 Å². The Balaban J connectivity index is 0.00000392. The minimum absolute atomic E-state index is 0. The predicted octanol–water partition coefficient (Wildman–Crippen LogP) is 4.69. The van der Waals surface area contributed by atoms with Gasteiger partial charge in [0.05, 0.1) is 20.3 Å².